The lowest BCUT2D eigenvalue weighted by molar-refractivity contribution is 0.0972. The molecule has 1 aliphatic carbocycles. The summed E-state index contributed by atoms with van der Waals surface area (Å²) in [6.45, 7) is 1.67. The molecule has 2 nitrogen and oxygen atoms in total. The quantitative estimate of drug-likeness (QED) is 0.772. The van der Waals surface area contributed by atoms with E-state index in [1.807, 2.05) is 30.3 Å². The molecule has 0 N–H and O–H groups in total. The van der Waals surface area contributed by atoms with Gasteiger partial charge in [-0.1, -0.05) is 54.6 Å². The molecule has 21 heavy (non-hydrogen) atoms. The number of hydrogen-bond donors (Lipinski definition) is 0. The van der Waals surface area contributed by atoms with Crippen molar-refractivity contribution in [3.63, 3.8) is 0 Å². The van der Waals surface area contributed by atoms with Crippen molar-refractivity contribution in [1.29, 1.82) is 0 Å². The van der Waals surface area contributed by atoms with Crippen molar-refractivity contribution >= 4 is 23.2 Å². The van der Waals surface area contributed by atoms with Gasteiger partial charge in [-0.3, -0.25) is 9.59 Å². The summed E-state index contributed by atoms with van der Waals surface area (Å²) in [6.07, 6.45) is 0. The molecule has 0 radical (unpaired) electrons. The number of rotatable bonds is 2. The number of Topliss-reactive ketones (excluding diaryl/α,β-unsaturated/α-hetero) is 2. The van der Waals surface area contributed by atoms with Gasteiger partial charge in [0.05, 0.1) is 5.38 Å². The Balaban J connectivity index is 2.13. The van der Waals surface area contributed by atoms with Gasteiger partial charge in [0.2, 0.25) is 0 Å². The number of carbonyl (C=O) groups is 2. The molecule has 0 aliphatic heterocycles. The van der Waals surface area contributed by atoms with Crippen molar-refractivity contribution in [1.82, 2.24) is 0 Å². The summed E-state index contributed by atoms with van der Waals surface area (Å²) >= 11 is 6.48. The molecule has 0 heterocycles. The van der Waals surface area contributed by atoms with Crippen molar-refractivity contribution < 1.29 is 9.59 Å². The second kappa shape index (κ2) is 5.30. The smallest absolute Gasteiger partial charge is 0.192 e. The van der Waals surface area contributed by atoms with Gasteiger partial charge in [0.25, 0.3) is 0 Å². The molecule has 1 atom stereocenters. The van der Waals surface area contributed by atoms with Crippen LogP contribution in [0.1, 0.15) is 38.6 Å². The number of carbonyl (C=O) groups excluding carboxylic acids is 2. The fourth-order valence-corrected chi connectivity index (χ4v) is 3.02. The third-order valence-electron chi connectivity index (χ3n) is 3.75. The highest BCUT2D eigenvalue weighted by atomic mass is 35.5. The van der Waals surface area contributed by atoms with Gasteiger partial charge in [-0.2, -0.15) is 0 Å². The molecule has 104 valence electrons. The first-order valence-electron chi connectivity index (χ1n) is 6.69. The van der Waals surface area contributed by atoms with E-state index in [9.17, 15) is 9.59 Å². The molecular formula is C18H13ClO2. The Hall–Kier alpha value is -2.19. The van der Waals surface area contributed by atoms with Gasteiger partial charge in [0, 0.05) is 22.3 Å². The molecule has 2 aromatic rings. The van der Waals surface area contributed by atoms with E-state index in [1.165, 1.54) is 0 Å². The highest BCUT2D eigenvalue weighted by molar-refractivity contribution is 6.33. The van der Waals surface area contributed by atoms with Crippen molar-refractivity contribution in [2.24, 2.45) is 0 Å². The Labute approximate surface area is 128 Å². The molecule has 2 aromatic carbocycles. The highest BCUT2D eigenvalue weighted by Gasteiger charge is 2.33. The van der Waals surface area contributed by atoms with Crippen LogP contribution in [0.2, 0.25) is 0 Å². The van der Waals surface area contributed by atoms with Gasteiger partial charge >= 0.3 is 0 Å². The van der Waals surface area contributed by atoms with Gasteiger partial charge in [0.1, 0.15) is 0 Å². The third kappa shape index (κ3) is 2.22. The van der Waals surface area contributed by atoms with E-state index in [1.54, 1.807) is 31.2 Å². The SMILES string of the molecule is CC1=C(C(Cl)c2ccccc2)C(=O)c2ccccc2C1=O. The number of benzene rings is 2. The second-order valence-corrected chi connectivity index (χ2v) is 5.45. The van der Waals surface area contributed by atoms with E-state index in [0.717, 1.165) is 5.56 Å². The van der Waals surface area contributed by atoms with Crippen LogP contribution in [-0.2, 0) is 0 Å². The number of ketones is 2. The van der Waals surface area contributed by atoms with E-state index in [4.69, 9.17) is 11.6 Å². The summed E-state index contributed by atoms with van der Waals surface area (Å²) in [7, 11) is 0. The van der Waals surface area contributed by atoms with E-state index in [2.05, 4.69) is 0 Å². The molecule has 3 heteroatoms. The number of hydrogen-bond acceptors (Lipinski definition) is 2. The first-order valence-corrected chi connectivity index (χ1v) is 7.13. The van der Waals surface area contributed by atoms with Crippen LogP contribution in [0.25, 0.3) is 0 Å². The Morgan fingerprint density at radius 3 is 1.95 bits per heavy atom. The first kappa shape index (κ1) is 13.8. The van der Waals surface area contributed by atoms with E-state index in [-0.39, 0.29) is 11.6 Å². The van der Waals surface area contributed by atoms with Crippen LogP contribution in [-0.4, -0.2) is 11.6 Å². The largest absolute Gasteiger partial charge is 0.289 e. The monoisotopic (exact) mass is 296 g/mol. The number of fused-ring (bicyclic) bond motifs is 1. The summed E-state index contributed by atoms with van der Waals surface area (Å²) in [5.74, 6) is -0.284. The predicted molar refractivity (Wildman–Crippen MR) is 82.8 cm³/mol. The Bertz CT molecular complexity index is 760. The van der Waals surface area contributed by atoms with Gasteiger partial charge in [-0.05, 0) is 12.5 Å². The zero-order chi connectivity index (χ0) is 15.0. The fraction of sp³-hybridized carbons (Fsp3) is 0.111. The molecule has 0 saturated heterocycles. The average molecular weight is 297 g/mol. The van der Waals surface area contributed by atoms with Crippen molar-refractivity contribution in [2.75, 3.05) is 0 Å². The maximum Gasteiger partial charge on any atom is 0.192 e. The summed E-state index contributed by atoms with van der Waals surface area (Å²) in [4.78, 5) is 25.1. The number of allylic oxidation sites excluding steroid dienone is 2. The van der Waals surface area contributed by atoms with Crippen LogP contribution in [0.15, 0.2) is 65.7 Å². The Kier molecular flexibility index (Phi) is 3.48. The molecule has 0 aromatic heterocycles. The van der Waals surface area contributed by atoms with Crippen LogP contribution in [0.5, 0.6) is 0 Å². The zero-order valence-electron chi connectivity index (χ0n) is 11.5. The van der Waals surface area contributed by atoms with E-state index < -0.39 is 5.38 Å². The summed E-state index contributed by atoms with van der Waals surface area (Å²) < 4.78 is 0. The van der Waals surface area contributed by atoms with Crippen LogP contribution in [0, 0.1) is 0 Å². The molecule has 0 spiro atoms. The molecule has 3 rings (SSSR count). The first-order chi connectivity index (χ1) is 10.1. The van der Waals surface area contributed by atoms with Crippen LogP contribution in [0.4, 0.5) is 0 Å². The predicted octanol–water partition coefficient (Wildman–Crippen LogP) is 4.36. The summed E-state index contributed by atoms with van der Waals surface area (Å²) in [6, 6.07) is 16.2. The molecule has 1 aliphatic rings. The van der Waals surface area contributed by atoms with Crippen LogP contribution < -0.4 is 0 Å². The number of halogens is 1. The third-order valence-corrected chi connectivity index (χ3v) is 4.22. The molecule has 0 amide bonds. The Morgan fingerprint density at radius 2 is 1.33 bits per heavy atom. The standard InChI is InChI=1S/C18H13ClO2/c1-11-15(16(19)12-7-3-2-4-8-12)18(21)14-10-6-5-9-13(14)17(11)20/h2-10,16H,1H3. The summed E-state index contributed by atoms with van der Waals surface area (Å²) in [5.41, 5.74) is 2.52. The lowest BCUT2D eigenvalue weighted by atomic mass is 9.82. The molecule has 0 fully saturated rings. The molecular weight excluding hydrogens is 284 g/mol. The minimum absolute atomic E-state index is 0.123. The summed E-state index contributed by atoms with van der Waals surface area (Å²) in [5, 5.41) is -0.615. The highest BCUT2D eigenvalue weighted by Crippen LogP contribution is 2.37. The molecule has 0 saturated carbocycles. The second-order valence-electron chi connectivity index (χ2n) is 5.02. The lowest BCUT2D eigenvalue weighted by Crippen LogP contribution is -2.23. The minimum Gasteiger partial charge on any atom is -0.289 e. The van der Waals surface area contributed by atoms with Gasteiger partial charge in [0.15, 0.2) is 11.6 Å². The van der Waals surface area contributed by atoms with Crippen molar-refractivity contribution in [2.45, 2.75) is 12.3 Å². The van der Waals surface area contributed by atoms with Gasteiger partial charge in [-0.15, -0.1) is 11.6 Å². The van der Waals surface area contributed by atoms with E-state index in [0.29, 0.717) is 22.3 Å². The van der Waals surface area contributed by atoms with Crippen molar-refractivity contribution in [3.8, 4) is 0 Å². The maximum atomic E-state index is 12.7. The van der Waals surface area contributed by atoms with Crippen LogP contribution >= 0.6 is 11.6 Å². The Morgan fingerprint density at radius 1 is 0.810 bits per heavy atom. The fourth-order valence-electron chi connectivity index (χ4n) is 2.61. The number of alkyl halides is 1. The molecule has 0 bridgehead atoms. The lowest BCUT2D eigenvalue weighted by Gasteiger charge is -2.22. The van der Waals surface area contributed by atoms with Gasteiger partial charge < -0.3 is 0 Å². The normalized spacial score (nSPS) is 15.9. The maximum absolute atomic E-state index is 12.7. The molecule has 1 unspecified atom stereocenters. The zero-order valence-corrected chi connectivity index (χ0v) is 12.2. The minimum atomic E-state index is -0.615. The average Bonchev–Trinajstić information content (AvgIpc) is 2.53. The van der Waals surface area contributed by atoms with Crippen molar-refractivity contribution in [3.05, 3.63) is 82.4 Å². The van der Waals surface area contributed by atoms with E-state index >= 15 is 0 Å². The van der Waals surface area contributed by atoms with Crippen LogP contribution in [0.3, 0.4) is 0 Å². The van der Waals surface area contributed by atoms with Gasteiger partial charge in [-0.25, -0.2) is 0 Å². The topological polar surface area (TPSA) is 34.1 Å².